The Bertz CT molecular complexity index is 543. The van der Waals surface area contributed by atoms with Crippen LogP contribution in [0.5, 0.6) is 11.5 Å². The van der Waals surface area contributed by atoms with Gasteiger partial charge in [0, 0.05) is 6.04 Å². The molecule has 1 atom stereocenters. The van der Waals surface area contributed by atoms with Crippen molar-refractivity contribution in [3.8, 4) is 11.5 Å². The lowest BCUT2D eigenvalue weighted by Crippen LogP contribution is -2.37. The van der Waals surface area contributed by atoms with Crippen LogP contribution in [-0.4, -0.2) is 20.3 Å². The van der Waals surface area contributed by atoms with Crippen LogP contribution < -0.4 is 20.7 Å². The van der Waals surface area contributed by atoms with Crippen LogP contribution in [0, 0.1) is 0 Å². The average Bonchev–Trinajstić information content (AvgIpc) is 3.04. The second-order valence-corrected chi connectivity index (χ2v) is 5.71. The Balaban J connectivity index is 1.97. The van der Waals surface area contributed by atoms with Gasteiger partial charge in [0.15, 0.2) is 11.5 Å². The fourth-order valence-electron chi connectivity index (χ4n) is 2.31. The molecule has 1 aromatic carbocycles. The molecule has 21 heavy (non-hydrogen) atoms. The third kappa shape index (κ3) is 4.46. The van der Waals surface area contributed by atoms with Gasteiger partial charge in [0.2, 0.25) is 0 Å². The topological polar surface area (TPSA) is 56.5 Å². The highest BCUT2D eigenvalue weighted by molar-refractivity contribution is 7.07. The minimum Gasteiger partial charge on any atom is -0.493 e. The molecule has 0 saturated heterocycles. The van der Waals surface area contributed by atoms with E-state index in [1.54, 1.807) is 25.6 Å². The van der Waals surface area contributed by atoms with E-state index in [-0.39, 0.29) is 6.04 Å². The predicted octanol–water partition coefficient (Wildman–Crippen LogP) is 2.77. The van der Waals surface area contributed by atoms with Crippen molar-refractivity contribution in [1.82, 2.24) is 5.43 Å². The summed E-state index contributed by atoms with van der Waals surface area (Å²) in [6.45, 7) is 0. The highest BCUT2D eigenvalue weighted by atomic mass is 32.1. The van der Waals surface area contributed by atoms with Crippen LogP contribution in [0.4, 0.5) is 0 Å². The smallest absolute Gasteiger partial charge is 0.160 e. The van der Waals surface area contributed by atoms with Gasteiger partial charge in [-0.2, -0.15) is 11.3 Å². The van der Waals surface area contributed by atoms with Crippen molar-refractivity contribution < 1.29 is 9.47 Å². The van der Waals surface area contributed by atoms with E-state index < -0.39 is 0 Å². The van der Waals surface area contributed by atoms with Gasteiger partial charge in [0.1, 0.15) is 0 Å². The highest BCUT2D eigenvalue weighted by Crippen LogP contribution is 2.28. The molecule has 1 heterocycles. The van der Waals surface area contributed by atoms with Gasteiger partial charge >= 0.3 is 0 Å². The molecular formula is C16H22N2O2S. The molecule has 0 bridgehead atoms. The summed E-state index contributed by atoms with van der Waals surface area (Å²) in [7, 11) is 3.29. The number of hydrazine groups is 1. The lowest BCUT2D eigenvalue weighted by atomic mass is 10.0. The van der Waals surface area contributed by atoms with E-state index in [4.69, 9.17) is 15.3 Å². The first kappa shape index (κ1) is 15.8. The number of rotatable bonds is 8. The van der Waals surface area contributed by atoms with Crippen molar-refractivity contribution in [3.63, 3.8) is 0 Å². The van der Waals surface area contributed by atoms with Crippen molar-refractivity contribution >= 4 is 11.3 Å². The molecule has 0 radical (unpaired) electrons. The van der Waals surface area contributed by atoms with Crippen LogP contribution in [0.3, 0.4) is 0 Å². The zero-order valence-corrected chi connectivity index (χ0v) is 13.3. The molecule has 0 aliphatic rings. The normalized spacial score (nSPS) is 12.1. The van der Waals surface area contributed by atoms with Gasteiger partial charge in [-0.1, -0.05) is 6.07 Å². The van der Waals surface area contributed by atoms with E-state index in [2.05, 4.69) is 28.3 Å². The minimum absolute atomic E-state index is 0.239. The van der Waals surface area contributed by atoms with E-state index in [0.717, 1.165) is 30.8 Å². The minimum atomic E-state index is 0.239. The van der Waals surface area contributed by atoms with Crippen LogP contribution in [0.15, 0.2) is 35.0 Å². The van der Waals surface area contributed by atoms with E-state index in [0.29, 0.717) is 0 Å². The molecule has 114 valence electrons. The molecule has 0 fully saturated rings. The van der Waals surface area contributed by atoms with E-state index in [1.165, 1.54) is 11.1 Å². The van der Waals surface area contributed by atoms with Crippen LogP contribution in [0.2, 0.25) is 0 Å². The maximum Gasteiger partial charge on any atom is 0.160 e. The number of ether oxygens (including phenoxy) is 2. The van der Waals surface area contributed by atoms with Gasteiger partial charge in [-0.15, -0.1) is 0 Å². The Labute approximate surface area is 129 Å². The lowest BCUT2D eigenvalue weighted by Gasteiger charge is -2.17. The second kappa shape index (κ2) is 8.02. The number of thiophene rings is 1. The van der Waals surface area contributed by atoms with Crippen LogP contribution in [-0.2, 0) is 12.8 Å². The predicted molar refractivity (Wildman–Crippen MR) is 87.0 cm³/mol. The van der Waals surface area contributed by atoms with Crippen molar-refractivity contribution in [1.29, 1.82) is 0 Å². The molecule has 0 amide bonds. The number of benzene rings is 1. The first-order valence-corrected chi connectivity index (χ1v) is 7.89. The third-order valence-electron chi connectivity index (χ3n) is 3.53. The Morgan fingerprint density at radius 2 is 1.95 bits per heavy atom. The van der Waals surface area contributed by atoms with E-state index in [9.17, 15) is 0 Å². The lowest BCUT2D eigenvalue weighted by molar-refractivity contribution is 0.354. The van der Waals surface area contributed by atoms with Crippen LogP contribution >= 0.6 is 11.3 Å². The number of nitrogens with two attached hydrogens (primary N) is 1. The van der Waals surface area contributed by atoms with Crippen LogP contribution in [0.25, 0.3) is 0 Å². The van der Waals surface area contributed by atoms with Crippen molar-refractivity contribution in [3.05, 3.63) is 46.2 Å². The summed E-state index contributed by atoms with van der Waals surface area (Å²) in [5.41, 5.74) is 5.46. The maximum absolute atomic E-state index is 5.68. The molecular weight excluding hydrogens is 284 g/mol. The zero-order valence-electron chi connectivity index (χ0n) is 12.5. The summed E-state index contributed by atoms with van der Waals surface area (Å²) in [5, 5.41) is 4.29. The average molecular weight is 306 g/mol. The number of nitrogens with one attached hydrogen (secondary N) is 1. The number of hydrogen-bond acceptors (Lipinski definition) is 5. The Hall–Kier alpha value is -1.56. The van der Waals surface area contributed by atoms with E-state index >= 15 is 0 Å². The molecule has 0 aliphatic carbocycles. The van der Waals surface area contributed by atoms with Crippen molar-refractivity contribution in [2.24, 2.45) is 5.84 Å². The summed E-state index contributed by atoms with van der Waals surface area (Å²) < 4.78 is 10.6. The summed E-state index contributed by atoms with van der Waals surface area (Å²) in [6, 6.07) is 8.39. The standard InChI is InChI=1S/C16H22N2O2S/c1-19-15-6-4-13(10-16(15)20-2)9-14(18-17)5-3-12-7-8-21-11-12/h4,6-8,10-11,14,18H,3,5,9,17H2,1-2H3. The fourth-order valence-corrected chi connectivity index (χ4v) is 3.02. The molecule has 4 nitrogen and oxygen atoms in total. The number of hydrogen-bond donors (Lipinski definition) is 2. The fraction of sp³-hybridized carbons (Fsp3) is 0.375. The summed E-state index contributed by atoms with van der Waals surface area (Å²) >= 11 is 1.73. The first-order valence-electron chi connectivity index (χ1n) is 6.95. The molecule has 2 rings (SSSR count). The monoisotopic (exact) mass is 306 g/mol. The largest absolute Gasteiger partial charge is 0.493 e. The Morgan fingerprint density at radius 3 is 2.57 bits per heavy atom. The Morgan fingerprint density at radius 1 is 1.14 bits per heavy atom. The number of aryl methyl sites for hydroxylation is 1. The molecule has 0 spiro atoms. The second-order valence-electron chi connectivity index (χ2n) is 4.93. The van der Waals surface area contributed by atoms with Gasteiger partial charge in [0.05, 0.1) is 14.2 Å². The van der Waals surface area contributed by atoms with Crippen molar-refractivity contribution in [2.45, 2.75) is 25.3 Å². The molecule has 0 aliphatic heterocycles. The maximum atomic E-state index is 5.68. The third-order valence-corrected chi connectivity index (χ3v) is 4.26. The van der Waals surface area contributed by atoms with E-state index in [1.807, 2.05) is 12.1 Å². The van der Waals surface area contributed by atoms with Gasteiger partial charge < -0.3 is 9.47 Å². The molecule has 5 heteroatoms. The molecule has 1 unspecified atom stereocenters. The number of methoxy groups -OCH3 is 2. The van der Waals surface area contributed by atoms with Gasteiger partial charge in [0.25, 0.3) is 0 Å². The highest BCUT2D eigenvalue weighted by Gasteiger charge is 2.11. The van der Waals surface area contributed by atoms with Crippen LogP contribution in [0.1, 0.15) is 17.5 Å². The zero-order chi connectivity index (χ0) is 15.1. The van der Waals surface area contributed by atoms with Gasteiger partial charge in [-0.3, -0.25) is 11.3 Å². The summed E-state index contributed by atoms with van der Waals surface area (Å²) in [4.78, 5) is 0. The quantitative estimate of drug-likeness (QED) is 0.581. The molecule has 0 saturated carbocycles. The summed E-state index contributed by atoms with van der Waals surface area (Å²) in [5.74, 6) is 7.18. The molecule has 1 aromatic heterocycles. The first-order chi connectivity index (χ1) is 10.3. The summed E-state index contributed by atoms with van der Waals surface area (Å²) in [6.07, 6.45) is 2.90. The van der Waals surface area contributed by atoms with Crippen molar-refractivity contribution in [2.75, 3.05) is 14.2 Å². The molecule has 3 N–H and O–H groups in total. The van der Waals surface area contributed by atoms with Gasteiger partial charge in [-0.25, -0.2) is 0 Å². The van der Waals surface area contributed by atoms with Gasteiger partial charge in [-0.05, 0) is 59.3 Å². The SMILES string of the molecule is COc1ccc(CC(CCc2ccsc2)NN)cc1OC. The molecule has 2 aromatic rings. The Kier molecular flexibility index (Phi) is 6.04.